The summed E-state index contributed by atoms with van der Waals surface area (Å²) in [6, 6.07) is 23.7. The molecular weight excluding hydrogens is 484 g/mol. The van der Waals surface area contributed by atoms with Crippen molar-refractivity contribution >= 4 is 34.9 Å². The molecule has 1 aromatic heterocycles. The zero-order chi connectivity index (χ0) is 26.7. The van der Waals surface area contributed by atoms with Crippen LogP contribution in [0.1, 0.15) is 24.4 Å². The summed E-state index contributed by atoms with van der Waals surface area (Å²) in [5, 5.41) is 20.4. The molecule has 0 saturated heterocycles. The van der Waals surface area contributed by atoms with Crippen LogP contribution in [0.15, 0.2) is 78.9 Å². The Balaban J connectivity index is 1.18. The molecular formula is C28H30N6O4. The number of H-pyrrole nitrogens is 1. The van der Waals surface area contributed by atoms with Gasteiger partial charge >= 0.3 is 12.0 Å². The van der Waals surface area contributed by atoms with E-state index in [0.29, 0.717) is 31.0 Å². The van der Waals surface area contributed by atoms with Crippen LogP contribution in [0.25, 0.3) is 22.2 Å². The Hall–Kier alpha value is -4.86. The van der Waals surface area contributed by atoms with Crippen molar-refractivity contribution in [2.75, 3.05) is 25.0 Å². The Morgan fingerprint density at radius 2 is 1.55 bits per heavy atom. The molecule has 4 aromatic rings. The highest BCUT2D eigenvalue weighted by Gasteiger charge is 2.18. The first-order valence-electron chi connectivity index (χ1n) is 12.3. The molecule has 0 aliphatic carbocycles. The lowest BCUT2D eigenvalue weighted by molar-refractivity contribution is -0.137. The third-order valence-electron chi connectivity index (χ3n) is 5.86. The van der Waals surface area contributed by atoms with Gasteiger partial charge < -0.3 is 31.4 Å². The van der Waals surface area contributed by atoms with Gasteiger partial charge in [-0.25, -0.2) is 9.78 Å². The highest BCUT2D eigenvalue weighted by molar-refractivity contribution is 5.84. The van der Waals surface area contributed by atoms with Gasteiger partial charge in [0.05, 0.1) is 30.0 Å². The monoisotopic (exact) mass is 514 g/mol. The highest BCUT2D eigenvalue weighted by Crippen LogP contribution is 2.23. The zero-order valence-corrected chi connectivity index (χ0v) is 20.7. The van der Waals surface area contributed by atoms with Gasteiger partial charge in [-0.1, -0.05) is 66.7 Å². The van der Waals surface area contributed by atoms with Gasteiger partial charge in [-0.15, -0.1) is 0 Å². The number of imidazole rings is 1. The lowest BCUT2D eigenvalue weighted by Crippen LogP contribution is -2.43. The number of fused-ring (bicyclic) bond motifs is 1. The number of hydrogen-bond acceptors (Lipinski definition) is 5. The van der Waals surface area contributed by atoms with E-state index in [0.717, 1.165) is 22.2 Å². The van der Waals surface area contributed by atoms with Gasteiger partial charge in [-0.05, 0) is 35.2 Å². The molecule has 0 spiro atoms. The zero-order valence-electron chi connectivity index (χ0n) is 20.7. The average molecular weight is 515 g/mol. The molecule has 0 radical (unpaired) electrons. The normalized spacial score (nSPS) is 11.5. The summed E-state index contributed by atoms with van der Waals surface area (Å²) in [4.78, 5) is 43.5. The van der Waals surface area contributed by atoms with Gasteiger partial charge in [-0.3, -0.25) is 9.59 Å². The van der Waals surface area contributed by atoms with Crippen LogP contribution in [0, 0.1) is 0 Å². The van der Waals surface area contributed by atoms with E-state index in [1.165, 1.54) is 0 Å². The van der Waals surface area contributed by atoms with Gasteiger partial charge in [0.1, 0.15) is 0 Å². The number of nitrogens with zero attached hydrogens (tertiary/aromatic N) is 1. The van der Waals surface area contributed by atoms with Gasteiger partial charge in [0.15, 0.2) is 0 Å². The third-order valence-corrected chi connectivity index (χ3v) is 5.86. The lowest BCUT2D eigenvalue weighted by atomic mass is 9.99. The smallest absolute Gasteiger partial charge is 0.315 e. The van der Waals surface area contributed by atoms with Gasteiger partial charge in [-0.2, -0.15) is 0 Å². The molecule has 4 rings (SSSR count). The maximum atomic E-state index is 12.4. The Morgan fingerprint density at radius 1 is 0.842 bits per heavy atom. The fourth-order valence-corrected chi connectivity index (χ4v) is 3.97. The summed E-state index contributed by atoms with van der Waals surface area (Å²) < 4.78 is 0. The number of aliphatic carboxylic acids is 1. The largest absolute Gasteiger partial charge is 0.481 e. The molecule has 1 heterocycles. The number of rotatable bonds is 12. The van der Waals surface area contributed by atoms with Gasteiger partial charge in [0.25, 0.3) is 0 Å². The van der Waals surface area contributed by atoms with E-state index in [-0.39, 0.29) is 13.0 Å². The van der Waals surface area contributed by atoms with E-state index in [2.05, 4.69) is 31.2 Å². The van der Waals surface area contributed by atoms with Crippen molar-refractivity contribution in [2.24, 2.45) is 0 Å². The average Bonchev–Trinajstić information content (AvgIpc) is 3.35. The second kappa shape index (κ2) is 12.9. The Morgan fingerprint density at radius 3 is 2.29 bits per heavy atom. The summed E-state index contributed by atoms with van der Waals surface area (Å²) in [7, 11) is 0. The summed E-state index contributed by atoms with van der Waals surface area (Å²) in [6.07, 6.45) is 0.372. The first-order valence-corrected chi connectivity index (χ1v) is 12.3. The molecule has 0 unspecified atom stereocenters. The summed E-state index contributed by atoms with van der Waals surface area (Å²) >= 11 is 0. The number of benzene rings is 3. The van der Waals surface area contributed by atoms with Crippen molar-refractivity contribution in [3.8, 4) is 11.1 Å². The molecule has 0 fully saturated rings. The van der Waals surface area contributed by atoms with Crippen LogP contribution < -0.4 is 21.3 Å². The fraction of sp³-hybridized carbons (Fsp3) is 0.214. The SMILES string of the molecule is O=C(O)C[C@@H](NC(=O)CNC(=O)NCCCNc1nc2ccccc2[nH]1)c1ccc(-c2ccccc2)cc1. The second-order valence-corrected chi connectivity index (χ2v) is 8.70. The number of carboxylic acid groups (broad SMARTS) is 1. The number of carboxylic acids is 1. The Labute approximate surface area is 219 Å². The standard InChI is InChI=1S/C28H30N6O4/c35-25(18-31-28(38)30-16-6-15-29-27-33-22-9-4-5-10-23(22)34-27)32-24(17-26(36)37)21-13-11-20(12-14-21)19-7-2-1-3-8-19/h1-5,7-14,24H,6,15-18H2,(H,32,35)(H,36,37)(H2,29,33,34)(H2,30,31,38)/t24-/m1/s1. The molecule has 10 heteroatoms. The molecule has 3 aromatic carbocycles. The van der Waals surface area contributed by atoms with E-state index in [9.17, 15) is 19.5 Å². The minimum Gasteiger partial charge on any atom is -0.481 e. The van der Waals surface area contributed by atoms with E-state index >= 15 is 0 Å². The van der Waals surface area contributed by atoms with E-state index < -0.39 is 23.9 Å². The topological polar surface area (TPSA) is 148 Å². The summed E-state index contributed by atoms with van der Waals surface area (Å²) in [5.41, 5.74) is 4.52. The van der Waals surface area contributed by atoms with E-state index in [1.807, 2.05) is 66.7 Å². The molecule has 1 atom stereocenters. The van der Waals surface area contributed by atoms with Crippen LogP contribution in [-0.2, 0) is 9.59 Å². The van der Waals surface area contributed by atoms with E-state index in [4.69, 9.17) is 0 Å². The summed E-state index contributed by atoms with van der Waals surface area (Å²) in [5.74, 6) is -0.854. The Kier molecular flexibility index (Phi) is 8.90. The molecule has 10 nitrogen and oxygen atoms in total. The molecule has 6 N–H and O–H groups in total. The first-order chi connectivity index (χ1) is 18.5. The lowest BCUT2D eigenvalue weighted by Gasteiger charge is -2.18. The fourth-order valence-electron chi connectivity index (χ4n) is 3.97. The molecule has 0 aliphatic rings. The number of amides is 3. The van der Waals surface area contributed by atoms with Crippen molar-refractivity contribution in [3.63, 3.8) is 0 Å². The van der Waals surface area contributed by atoms with Crippen molar-refractivity contribution in [3.05, 3.63) is 84.4 Å². The molecule has 196 valence electrons. The highest BCUT2D eigenvalue weighted by atomic mass is 16.4. The van der Waals surface area contributed by atoms with Crippen LogP contribution >= 0.6 is 0 Å². The number of nitrogens with one attached hydrogen (secondary N) is 5. The molecule has 0 aliphatic heterocycles. The minimum absolute atomic E-state index is 0.277. The molecule has 0 saturated carbocycles. The van der Waals surface area contributed by atoms with Crippen molar-refractivity contribution < 1.29 is 19.5 Å². The number of hydrogen-bond donors (Lipinski definition) is 6. The number of urea groups is 1. The number of aromatic amines is 1. The third kappa shape index (κ3) is 7.57. The first kappa shape index (κ1) is 26.2. The quantitative estimate of drug-likeness (QED) is 0.159. The number of carbonyl (C=O) groups excluding carboxylic acids is 2. The van der Waals surface area contributed by atoms with Crippen LogP contribution in [0.5, 0.6) is 0 Å². The summed E-state index contributed by atoms with van der Waals surface area (Å²) in [6.45, 7) is 0.720. The van der Waals surface area contributed by atoms with Gasteiger partial charge in [0.2, 0.25) is 11.9 Å². The van der Waals surface area contributed by atoms with Crippen LogP contribution in [0.2, 0.25) is 0 Å². The second-order valence-electron chi connectivity index (χ2n) is 8.70. The van der Waals surface area contributed by atoms with E-state index in [1.54, 1.807) is 12.1 Å². The molecule has 0 bridgehead atoms. The minimum atomic E-state index is -1.04. The Bertz CT molecular complexity index is 1340. The number of carbonyl (C=O) groups is 3. The van der Waals surface area contributed by atoms with Crippen LogP contribution in [0.4, 0.5) is 10.7 Å². The molecule has 38 heavy (non-hydrogen) atoms. The van der Waals surface area contributed by atoms with Gasteiger partial charge in [0, 0.05) is 13.1 Å². The number of anilines is 1. The maximum Gasteiger partial charge on any atom is 0.315 e. The van der Waals surface area contributed by atoms with Crippen LogP contribution in [-0.4, -0.2) is 52.6 Å². The van der Waals surface area contributed by atoms with Crippen molar-refractivity contribution in [2.45, 2.75) is 18.9 Å². The molecule has 3 amide bonds. The maximum absolute atomic E-state index is 12.4. The van der Waals surface area contributed by atoms with Crippen LogP contribution in [0.3, 0.4) is 0 Å². The number of aromatic nitrogens is 2. The van der Waals surface area contributed by atoms with Crippen molar-refractivity contribution in [1.29, 1.82) is 0 Å². The predicted octanol–water partition coefficient (Wildman–Crippen LogP) is 3.66. The number of para-hydroxylation sites is 2. The predicted molar refractivity (Wildman–Crippen MR) is 146 cm³/mol. The van der Waals surface area contributed by atoms with Crippen molar-refractivity contribution in [1.82, 2.24) is 25.9 Å².